The molecular formula is C20H19BrN4O3. The average molecular weight is 443 g/mol. The van der Waals surface area contributed by atoms with Crippen molar-refractivity contribution in [2.45, 2.75) is 13.0 Å². The number of rotatable bonds is 5. The molecule has 3 aromatic rings. The maximum atomic E-state index is 12.6. The quantitative estimate of drug-likeness (QED) is 0.657. The van der Waals surface area contributed by atoms with E-state index >= 15 is 0 Å². The lowest BCUT2D eigenvalue weighted by Gasteiger charge is -2.11. The van der Waals surface area contributed by atoms with Crippen molar-refractivity contribution in [3.63, 3.8) is 0 Å². The molecule has 0 spiro atoms. The van der Waals surface area contributed by atoms with Crippen molar-refractivity contribution >= 4 is 44.3 Å². The number of hydrogen-bond acceptors (Lipinski definition) is 4. The number of likely N-dealkylation sites (N-methyl/N-ethyl adjacent to an activating group) is 1. The minimum atomic E-state index is -0.338. The van der Waals surface area contributed by atoms with E-state index in [4.69, 9.17) is 0 Å². The molecule has 0 atom stereocenters. The molecule has 1 heterocycles. The molecule has 0 saturated heterocycles. The fourth-order valence-corrected chi connectivity index (χ4v) is 3.00. The van der Waals surface area contributed by atoms with E-state index in [0.29, 0.717) is 23.0 Å². The zero-order valence-electron chi connectivity index (χ0n) is 15.5. The van der Waals surface area contributed by atoms with Crippen molar-refractivity contribution in [3.05, 3.63) is 69.2 Å². The summed E-state index contributed by atoms with van der Waals surface area (Å²) in [5.74, 6) is -0.332. The number of fused-ring (bicyclic) bond motifs is 1. The van der Waals surface area contributed by atoms with E-state index < -0.39 is 0 Å². The van der Waals surface area contributed by atoms with Gasteiger partial charge in [0.25, 0.3) is 5.56 Å². The lowest BCUT2D eigenvalue weighted by atomic mass is 10.1. The van der Waals surface area contributed by atoms with Crippen LogP contribution in [-0.2, 0) is 22.6 Å². The van der Waals surface area contributed by atoms with Gasteiger partial charge in [0.15, 0.2) is 0 Å². The number of amides is 2. The predicted octanol–water partition coefficient (Wildman–Crippen LogP) is 2.43. The van der Waals surface area contributed by atoms with Crippen LogP contribution in [0.5, 0.6) is 0 Å². The van der Waals surface area contributed by atoms with Gasteiger partial charge in [-0.25, -0.2) is 4.98 Å². The Labute approximate surface area is 170 Å². The van der Waals surface area contributed by atoms with Crippen molar-refractivity contribution in [1.29, 1.82) is 0 Å². The molecule has 0 bridgehead atoms. The summed E-state index contributed by atoms with van der Waals surface area (Å²) < 4.78 is 2.04. The standard InChI is InChI=1S/C20H19BrN4O3/c1-24(2)19(27)9-13-3-6-15(7-4-13)23-18(26)11-25-12-22-17-8-5-14(21)10-16(17)20(25)28/h3-8,10,12H,9,11H2,1-2H3,(H,23,26). The lowest BCUT2D eigenvalue weighted by Crippen LogP contribution is -2.28. The zero-order valence-corrected chi connectivity index (χ0v) is 17.1. The van der Waals surface area contributed by atoms with Gasteiger partial charge >= 0.3 is 0 Å². The smallest absolute Gasteiger partial charge is 0.261 e. The summed E-state index contributed by atoms with van der Waals surface area (Å²) in [6.45, 7) is -0.144. The van der Waals surface area contributed by atoms with Crippen LogP contribution in [0.2, 0.25) is 0 Å². The van der Waals surface area contributed by atoms with Crippen LogP contribution in [0, 0.1) is 0 Å². The first-order chi connectivity index (χ1) is 13.3. The Morgan fingerprint density at radius 2 is 1.86 bits per heavy atom. The van der Waals surface area contributed by atoms with Crippen LogP contribution >= 0.6 is 15.9 Å². The van der Waals surface area contributed by atoms with Gasteiger partial charge in [0, 0.05) is 24.3 Å². The highest BCUT2D eigenvalue weighted by molar-refractivity contribution is 9.10. The first-order valence-corrected chi connectivity index (χ1v) is 9.36. The van der Waals surface area contributed by atoms with Crippen molar-refractivity contribution < 1.29 is 9.59 Å². The Balaban J connectivity index is 1.69. The molecule has 0 aliphatic rings. The summed E-state index contributed by atoms with van der Waals surface area (Å²) in [5, 5.41) is 3.19. The maximum Gasteiger partial charge on any atom is 0.261 e. The van der Waals surface area contributed by atoms with Gasteiger partial charge in [-0.1, -0.05) is 28.1 Å². The molecule has 1 N–H and O–H groups in total. The van der Waals surface area contributed by atoms with Gasteiger partial charge in [-0.05, 0) is 35.9 Å². The van der Waals surface area contributed by atoms with E-state index in [0.717, 1.165) is 10.0 Å². The Morgan fingerprint density at radius 1 is 1.14 bits per heavy atom. The van der Waals surface area contributed by atoms with E-state index in [2.05, 4.69) is 26.2 Å². The lowest BCUT2D eigenvalue weighted by molar-refractivity contribution is -0.128. The summed E-state index contributed by atoms with van der Waals surface area (Å²) in [5.41, 5.74) is 1.75. The third kappa shape index (κ3) is 4.64. The molecule has 0 fully saturated rings. The molecule has 0 aliphatic carbocycles. The Bertz CT molecular complexity index is 1090. The summed E-state index contributed by atoms with van der Waals surface area (Å²) in [4.78, 5) is 42.4. The molecule has 0 unspecified atom stereocenters. The largest absolute Gasteiger partial charge is 0.349 e. The molecule has 144 valence electrons. The molecule has 0 aliphatic heterocycles. The number of hydrogen-bond donors (Lipinski definition) is 1. The molecule has 28 heavy (non-hydrogen) atoms. The Morgan fingerprint density at radius 3 is 2.54 bits per heavy atom. The van der Waals surface area contributed by atoms with Crippen molar-refractivity contribution in [3.8, 4) is 0 Å². The number of anilines is 1. The predicted molar refractivity (Wildman–Crippen MR) is 111 cm³/mol. The van der Waals surface area contributed by atoms with Crippen molar-refractivity contribution in [1.82, 2.24) is 14.5 Å². The Hall–Kier alpha value is -3.00. The van der Waals surface area contributed by atoms with Gasteiger partial charge in [0.2, 0.25) is 11.8 Å². The highest BCUT2D eigenvalue weighted by Crippen LogP contribution is 2.15. The number of nitrogens with one attached hydrogen (secondary N) is 1. The van der Waals surface area contributed by atoms with Crippen LogP contribution in [0.15, 0.2) is 58.1 Å². The highest BCUT2D eigenvalue weighted by Gasteiger charge is 2.10. The normalized spacial score (nSPS) is 10.7. The van der Waals surface area contributed by atoms with Gasteiger partial charge in [-0.3, -0.25) is 19.0 Å². The van der Waals surface area contributed by atoms with Crippen molar-refractivity contribution in [2.24, 2.45) is 0 Å². The molecule has 0 saturated carbocycles. The van der Waals surface area contributed by atoms with Crippen LogP contribution in [-0.4, -0.2) is 40.4 Å². The third-order valence-corrected chi connectivity index (χ3v) is 4.69. The second kappa shape index (κ2) is 8.35. The van der Waals surface area contributed by atoms with Crippen LogP contribution in [0.4, 0.5) is 5.69 Å². The molecule has 1 aromatic heterocycles. The van der Waals surface area contributed by atoms with Crippen molar-refractivity contribution in [2.75, 3.05) is 19.4 Å². The topological polar surface area (TPSA) is 84.3 Å². The number of carbonyl (C=O) groups excluding carboxylic acids is 2. The Kier molecular flexibility index (Phi) is 5.89. The minimum Gasteiger partial charge on any atom is -0.349 e. The minimum absolute atomic E-state index is 0.00611. The summed E-state index contributed by atoms with van der Waals surface area (Å²) >= 11 is 3.34. The molecule has 3 rings (SSSR count). The van der Waals surface area contributed by atoms with Gasteiger partial charge < -0.3 is 10.2 Å². The van der Waals surface area contributed by atoms with Gasteiger partial charge in [-0.15, -0.1) is 0 Å². The van der Waals surface area contributed by atoms with E-state index in [-0.39, 0.29) is 23.9 Å². The third-order valence-electron chi connectivity index (χ3n) is 4.19. The fraction of sp³-hybridized carbons (Fsp3) is 0.200. The summed E-state index contributed by atoms with van der Waals surface area (Å²) in [6, 6.07) is 12.3. The molecular weight excluding hydrogens is 424 g/mol. The molecule has 0 radical (unpaired) electrons. The number of nitrogens with zero attached hydrogens (tertiary/aromatic N) is 3. The second-order valence-electron chi connectivity index (χ2n) is 6.55. The fourth-order valence-electron chi connectivity index (χ4n) is 2.64. The second-order valence-corrected chi connectivity index (χ2v) is 7.46. The molecule has 2 aromatic carbocycles. The molecule has 7 nitrogen and oxygen atoms in total. The van der Waals surface area contributed by atoms with Gasteiger partial charge in [-0.2, -0.15) is 0 Å². The first-order valence-electron chi connectivity index (χ1n) is 8.57. The van der Waals surface area contributed by atoms with E-state index in [9.17, 15) is 14.4 Å². The maximum absolute atomic E-state index is 12.6. The summed E-state index contributed by atoms with van der Waals surface area (Å²) in [7, 11) is 3.42. The van der Waals surface area contributed by atoms with Crippen LogP contribution in [0.3, 0.4) is 0 Å². The summed E-state index contributed by atoms with van der Waals surface area (Å²) in [6.07, 6.45) is 1.67. The average Bonchev–Trinajstić information content (AvgIpc) is 2.66. The van der Waals surface area contributed by atoms with Gasteiger partial charge in [0.1, 0.15) is 6.54 Å². The zero-order chi connectivity index (χ0) is 20.3. The molecule has 8 heteroatoms. The van der Waals surface area contributed by atoms with Crippen LogP contribution in [0.25, 0.3) is 10.9 Å². The van der Waals surface area contributed by atoms with E-state index in [1.165, 1.54) is 15.8 Å². The first kappa shape index (κ1) is 19.8. The van der Waals surface area contributed by atoms with Crippen LogP contribution < -0.4 is 10.9 Å². The monoisotopic (exact) mass is 442 g/mol. The number of aromatic nitrogens is 2. The SMILES string of the molecule is CN(C)C(=O)Cc1ccc(NC(=O)Cn2cnc3ccc(Br)cc3c2=O)cc1. The van der Waals surface area contributed by atoms with E-state index in [1.54, 1.807) is 50.5 Å². The van der Waals surface area contributed by atoms with Crippen LogP contribution in [0.1, 0.15) is 5.56 Å². The molecule has 2 amide bonds. The number of carbonyl (C=O) groups is 2. The number of halogens is 1. The van der Waals surface area contributed by atoms with E-state index in [1.807, 2.05) is 6.07 Å². The number of benzene rings is 2. The van der Waals surface area contributed by atoms with Gasteiger partial charge in [0.05, 0.1) is 23.7 Å². The highest BCUT2D eigenvalue weighted by atomic mass is 79.9.